The Balaban J connectivity index is 1.93. The number of rotatable bonds is 5. The Morgan fingerprint density at radius 1 is 1.17 bits per heavy atom. The van der Waals surface area contributed by atoms with Gasteiger partial charge in [0, 0.05) is 30.8 Å². The van der Waals surface area contributed by atoms with E-state index < -0.39 is 5.97 Å². The van der Waals surface area contributed by atoms with Gasteiger partial charge in [-0.15, -0.1) is 0 Å². The lowest BCUT2D eigenvalue weighted by Gasteiger charge is -2.30. The average molecular weight is 318 g/mol. The minimum atomic E-state index is -0.788. The van der Waals surface area contributed by atoms with E-state index in [2.05, 4.69) is 5.32 Å². The first-order valence-electron chi connectivity index (χ1n) is 7.93. The van der Waals surface area contributed by atoms with E-state index in [-0.39, 0.29) is 17.7 Å². The van der Waals surface area contributed by atoms with Crippen LogP contribution in [-0.4, -0.2) is 40.9 Å². The van der Waals surface area contributed by atoms with Gasteiger partial charge in [-0.05, 0) is 43.5 Å². The van der Waals surface area contributed by atoms with Gasteiger partial charge >= 0.3 is 5.97 Å². The molecule has 1 aliphatic heterocycles. The minimum absolute atomic E-state index is 0.0395. The molecular formula is C17H22N2O4. The van der Waals surface area contributed by atoms with Crippen molar-refractivity contribution in [2.45, 2.75) is 32.6 Å². The van der Waals surface area contributed by atoms with E-state index >= 15 is 0 Å². The van der Waals surface area contributed by atoms with Crippen molar-refractivity contribution in [2.75, 3.05) is 18.4 Å². The normalized spacial score (nSPS) is 15.3. The fourth-order valence-corrected chi connectivity index (χ4v) is 2.66. The Labute approximate surface area is 135 Å². The molecule has 0 spiro atoms. The maximum Gasteiger partial charge on any atom is 0.306 e. The van der Waals surface area contributed by atoms with Crippen molar-refractivity contribution in [3.8, 4) is 0 Å². The number of amides is 2. The third-order valence-corrected chi connectivity index (χ3v) is 4.02. The number of hydrogen-bond acceptors (Lipinski definition) is 3. The quantitative estimate of drug-likeness (QED) is 0.872. The third-order valence-electron chi connectivity index (χ3n) is 4.02. The molecular weight excluding hydrogens is 296 g/mol. The summed E-state index contributed by atoms with van der Waals surface area (Å²) in [7, 11) is 0. The number of benzene rings is 1. The molecule has 124 valence electrons. The number of piperidine rings is 1. The summed E-state index contributed by atoms with van der Waals surface area (Å²) in [6.07, 6.45) is 2.24. The molecule has 0 radical (unpaired) electrons. The lowest BCUT2D eigenvalue weighted by Crippen LogP contribution is -2.40. The lowest BCUT2D eigenvalue weighted by molar-refractivity contribution is -0.143. The number of carbonyl (C=O) groups excluding carboxylic acids is 2. The largest absolute Gasteiger partial charge is 0.481 e. The fraction of sp³-hybridized carbons (Fsp3) is 0.471. The molecule has 0 aromatic heterocycles. The van der Waals surface area contributed by atoms with Crippen molar-refractivity contribution in [1.82, 2.24) is 4.90 Å². The third kappa shape index (κ3) is 4.55. The van der Waals surface area contributed by atoms with Crippen molar-refractivity contribution in [2.24, 2.45) is 5.92 Å². The molecule has 1 aromatic carbocycles. The molecule has 1 heterocycles. The topological polar surface area (TPSA) is 86.7 Å². The molecule has 6 nitrogen and oxygen atoms in total. The van der Waals surface area contributed by atoms with Crippen LogP contribution in [0.3, 0.4) is 0 Å². The molecule has 0 unspecified atom stereocenters. The SMILES string of the molecule is CCCC(=O)Nc1ccc(C(=O)N2CCC(C(=O)O)CC2)cc1. The van der Waals surface area contributed by atoms with Crippen LogP contribution in [0, 0.1) is 5.92 Å². The highest BCUT2D eigenvalue weighted by atomic mass is 16.4. The van der Waals surface area contributed by atoms with E-state index in [4.69, 9.17) is 5.11 Å². The number of carboxylic acid groups (broad SMARTS) is 1. The molecule has 0 bridgehead atoms. The standard InChI is InChI=1S/C17H22N2O4/c1-2-3-15(20)18-14-6-4-12(5-7-14)16(21)19-10-8-13(9-11-19)17(22)23/h4-7,13H,2-3,8-11H2,1H3,(H,18,20)(H,22,23). The van der Waals surface area contributed by atoms with E-state index in [9.17, 15) is 14.4 Å². The number of hydrogen-bond donors (Lipinski definition) is 2. The second-order valence-electron chi connectivity index (χ2n) is 5.78. The zero-order valence-electron chi connectivity index (χ0n) is 13.2. The number of carboxylic acids is 1. The molecule has 0 saturated carbocycles. The van der Waals surface area contributed by atoms with Crippen molar-refractivity contribution < 1.29 is 19.5 Å². The van der Waals surface area contributed by atoms with Gasteiger partial charge in [0.2, 0.25) is 5.91 Å². The minimum Gasteiger partial charge on any atom is -0.481 e. The number of aliphatic carboxylic acids is 1. The first-order chi connectivity index (χ1) is 11.0. The maximum absolute atomic E-state index is 12.4. The highest BCUT2D eigenvalue weighted by molar-refractivity contribution is 5.96. The van der Waals surface area contributed by atoms with Gasteiger partial charge in [0.15, 0.2) is 0 Å². The molecule has 0 aliphatic carbocycles. The summed E-state index contributed by atoms with van der Waals surface area (Å²) < 4.78 is 0. The van der Waals surface area contributed by atoms with Crippen LogP contribution < -0.4 is 5.32 Å². The van der Waals surface area contributed by atoms with Gasteiger partial charge in [-0.1, -0.05) is 6.92 Å². The average Bonchev–Trinajstić information content (AvgIpc) is 2.55. The predicted molar refractivity (Wildman–Crippen MR) is 86.2 cm³/mol. The van der Waals surface area contributed by atoms with Gasteiger partial charge in [-0.2, -0.15) is 0 Å². The van der Waals surface area contributed by atoms with Crippen molar-refractivity contribution >= 4 is 23.5 Å². The molecule has 2 N–H and O–H groups in total. The van der Waals surface area contributed by atoms with Crippen LogP contribution in [0.25, 0.3) is 0 Å². The van der Waals surface area contributed by atoms with Gasteiger partial charge in [-0.25, -0.2) is 0 Å². The first kappa shape index (κ1) is 17.0. The van der Waals surface area contributed by atoms with E-state index in [1.165, 1.54) is 0 Å². The summed E-state index contributed by atoms with van der Waals surface area (Å²) in [6, 6.07) is 6.80. The van der Waals surface area contributed by atoms with Crippen LogP contribution in [0.15, 0.2) is 24.3 Å². The molecule has 1 saturated heterocycles. The number of anilines is 1. The van der Waals surface area contributed by atoms with Crippen LogP contribution in [-0.2, 0) is 9.59 Å². The van der Waals surface area contributed by atoms with Crippen molar-refractivity contribution in [3.05, 3.63) is 29.8 Å². The van der Waals surface area contributed by atoms with Gasteiger partial charge < -0.3 is 15.3 Å². The Bertz CT molecular complexity index is 575. The predicted octanol–water partition coefficient (Wildman–Crippen LogP) is 2.36. The van der Waals surface area contributed by atoms with Crippen molar-refractivity contribution in [3.63, 3.8) is 0 Å². The summed E-state index contributed by atoms with van der Waals surface area (Å²) in [6.45, 7) is 2.87. The Kier molecular flexibility index (Phi) is 5.73. The first-order valence-corrected chi connectivity index (χ1v) is 7.93. The van der Waals surface area contributed by atoms with E-state index in [1.54, 1.807) is 29.2 Å². The van der Waals surface area contributed by atoms with E-state index in [1.807, 2.05) is 6.92 Å². The van der Waals surface area contributed by atoms with E-state index in [0.717, 1.165) is 6.42 Å². The zero-order chi connectivity index (χ0) is 16.8. The molecule has 0 atom stereocenters. The Hall–Kier alpha value is -2.37. The summed E-state index contributed by atoms with van der Waals surface area (Å²) >= 11 is 0. The molecule has 1 fully saturated rings. The summed E-state index contributed by atoms with van der Waals surface area (Å²) in [5, 5.41) is 11.8. The fourth-order valence-electron chi connectivity index (χ4n) is 2.66. The Morgan fingerprint density at radius 2 is 1.78 bits per heavy atom. The van der Waals surface area contributed by atoms with Crippen molar-refractivity contribution in [1.29, 1.82) is 0 Å². The molecule has 23 heavy (non-hydrogen) atoms. The molecule has 1 aromatic rings. The lowest BCUT2D eigenvalue weighted by atomic mass is 9.96. The van der Waals surface area contributed by atoms with Gasteiger partial charge in [0.05, 0.1) is 5.92 Å². The number of nitrogens with one attached hydrogen (secondary N) is 1. The number of nitrogens with zero attached hydrogens (tertiary/aromatic N) is 1. The monoisotopic (exact) mass is 318 g/mol. The summed E-state index contributed by atoms with van der Waals surface area (Å²) in [4.78, 5) is 36.6. The second-order valence-corrected chi connectivity index (χ2v) is 5.78. The summed E-state index contributed by atoms with van der Waals surface area (Å²) in [5.41, 5.74) is 1.22. The molecule has 2 amide bonds. The van der Waals surface area contributed by atoms with Crippen LogP contribution >= 0.6 is 0 Å². The van der Waals surface area contributed by atoms with Gasteiger partial charge in [0.25, 0.3) is 5.91 Å². The molecule has 2 rings (SSSR count). The number of carbonyl (C=O) groups is 3. The highest BCUT2D eigenvalue weighted by Crippen LogP contribution is 2.20. The van der Waals surface area contributed by atoms with E-state index in [0.29, 0.717) is 43.6 Å². The highest BCUT2D eigenvalue weighted by Gasteiger charge is 2.27. The molecule has 6 heteroatoms. The molecule has 1 aliphatic rings. The van der Waals surface area contributed by atoms with Crippen LogP contribution in [0.2, 0.25) is 0 Å². The Morgan fingerprint density at radius 3 is 2.30 bits per heavy atom. The van der Waals surface area contributed by atoms with Crippen LogP contribution in [0.5, 0.6) is 0 Å². The smallest absolute Gasteiger partial charge is 0.306 e. The van der Waals surface area contributed by atoms with Gasteiger partial charge in [0.1, 0.15) is 0 Å². The maximum atomic E-state index is 12.4. The second kappa shape index (κ2) is 7.76. The van der Waals surface area contributed by atoms with Crippen LogP contribution in [0.1, 0.15) is 43.0 Å². The van der Waals surface area contributed by atoms with Crippen LogP contribution in [0.4, 0.5) is 5.69 Å². The summed E-state index contributed by atoms with van der Waals surface area (Å²) in [5.74, 6) is -1.28. The number of likely N-dealkylation sites (tertiary alicyclic amines) is 1. The van der Waals surface area contributed by atoms with Gasteiger partial charge in [-0.3, -0.25) is 14.4 Å². The zero-order valence-corrected chi connectivity index (χ0v) is 13.2.